The quantitative estimate of drug-likeness (QED) is 0.0957. The van der Waals surface area contributed by atoms with Crippen LogP contribution in [0.2, 0.25) is 0 Å². The summed E-state index contributed by atoms with van der Waals surface area (Å²) in [5, 5.41) is 1.10. The molecule has 0 radical (unpaired) electrons. The molecule has 1 aliphatic rings. The van der Waals surface area contributed by atoms with Gasteiger partial charge in [-0.3, -0.25) is 0 Å². The molecule has 0 aliphatic carbocycles. The number of esters is 1. The molecule has 0 bridgehead atoms. The number of carbonyl (C=O) groups excluding carboxylic acids is 1. The van der Waals surface area contributed by atoms with Crippen LogP contribution in [-0.4, -0.2) is 30.2 Å². The summed E-state index contributed by atoms with van der Waals surface area (Å²) >= 11 is 0. The Kier molecular flexibility index (Phi) is 10.3. The number of hydrogen-bond acceptors (Lipinski definition) is 4. The molecule has 234 valence electrons. The Balaban J connectivity index is 1.62. The molecule has 5 rings (SSSR count). The highest BCUT2D eigenvalue weighted by atomic mass is 16.6. The van der Waals surface area contributed by atoms with E-state index in [-0.39, 0.29) is 5.97 Å². The molecule has 1 aliphatic heterocycles. The van der Waals surface area contributed by atoms with Gasteiger partial charge in [-0.2, -0.15) is 0 Å². The second kappa shape index (κ2) is 14.4. The van der Waals surface area contributed by atoms with Gasteiger partial charge in [-0.1, -0.05) is 88.3 Å². The average molecular weight is 595 g/mol. The number of nitrogens with zero attached hydrogens (tertiary/aromatic N) is 2. The Labute approximate surface area is 264 Å². The first-order valence-electron chi connectivity index (χ1n) is 16.9. The second-order valence-electron chi connectivity index (χ2n) is 12.0. The molecule has 3 aromatic carbocycles. The summed E-state index contributed by atoms with van der Waals surface area (Å²) < 4.78 is 15.7. The first-order chi connectivity index (χ1) is 21.5. The molecule has 2 heterocycles. The van der Waals surface area contributed by atoms with Gasteiger partial charge in [-0.25, -0.2) is 4.79 Å². The van der Waals surface area contributed by atoms with Crippen LogP contribution in [0.25, 0.3) is 10.9 Å². The minimum Gasteiger partial charge on any atom is -0.493 e. The third-order valence-electron chi connectivity index (χ3n) is 9.40. The molecular formula is C39H50N2O3. The second-order valence-corrected chi connectivity index (χ2v) is 12.0. The van der Waals surface area contributed by atoms with Crippen LogP contribution < -0.4 is 9.64 Å². The van der Waals surface area contributed by atoms with Gasteiger partial charge >= 0.3 is 5.97 Å². The van der Waals surface area contributed by atoms with Gasteiger partial charge in [0.25, 0.3) is 0 Å². The van der Waals surface area contributed by atoms with E-state index in [4.69, 9.17) is 9.47 Å². The van der Waals surface area contributed by atoms with E-state index in [2.05, 4.69) is 92.6 Å². The van der Waals surface area contributed by atoms with E-state index in [1.807, 2.05) is 18.2 Å². The lowest BCUT2D eigenvalue weighted by Crippen LogP contribution is -2.31. The van der Waals surface area contributed by atoms with Crippen molar-refractivity contribution in [3.8, 4) is 5.75 Å². The third kappa shape index (κ3) is 5.86. The minimum atomic E-state index is -1.13. The van der Waals surface area contributed by atoms with Crippen molar-refractivity contribution in [1.29, 1.82) is 0 Å². The predicted octanol–water partition coefficient (Wildman–Crippen LogP) is 9.80. The molecule has 0 fully saturated rings. The Morgan fingerprint density at radius 1 is 0.795 bits per heavy atom. The summed E-state index contributed by atoms with van der Waals surface area (Å²) in [6, 6.07) is 22.8. The fraction of sp³-hybridized carbons (Fsp3) is 0.462. The van der Waals surface area contributed by atoms with Gasteiger partial charge in [-0.15, -0.1) is 0 Å². The van der Waals surface area contributed by atoms with Crippen molar-refractivity contribution in [3.05, 3.63) is 94.7 Å². The maximum absolute atomic E-state index is 13.7. The number of cyclic esters (lactones) is 1. The number of ether oxygens (including phenoxy) is 2. The van der Waals surface area contributed by atoms with Gasteiger partial charge in [0.1, 0.15) is 5.75 Å². The van der Waals surface area contributed by atoms with E-state index in [9.17, 15) is 4.79 Å². The number of carbonyl (C=O) groups is 1. The number of benzene rings is 3. The van der Waals surface area contributed by atoms with Crippen LogP contribution in [-0.2, 0) is 16.9 Å². The van der Waals surface area contributed by atoms with Gasteiger partial charge in [0.2, 0.25) is 0 Å². The maximum Gasteiger partial charge on any atom is 0.340 e. The first kappa shape index (κ1) is 31.7. The summed E-state index contributed by atoms with van der Waals surface area (Å²) in [7, 11) is 0. The number of aryl methyl sites for hydroxylation is 1. The molecule has 1 aromatic heterocycles. The fourth-order valence-corrected chi connectivity index (χ4v) is 7.15. The van der Waals surface area contributed by atoms with Gasteiger partial charge in [-0.05, 0) is 58.4 Å². The van der Waals surface area contributed by atoms with Crippen LogP contribution in [0.15, 0.2) is 66.7 Å². The largest absolute Gasteiger partial charge is 0.493 e. The summed E-state index contributed by atoms with van der Waals surface area (Å²) in [6.45, 7) is 14.2. The van der Waals surface area contributed by atoms with E-state index in [0.29, 0.717) is 12.2 Å². The highest BCUT2D eigenvalue weighted by Crippen LogP contribution is 2.53. The van der Waals surface area contributed by atoms with E-state index in [1.165, 1.54) is 38.5 Å². The fourth-order valence-electron chi connectivity index (χ4n) is 7.15. The van der Waals surface area contributed by atoms with E-state index >= 15 is 0 Å². The van der Waals surface area contributed by atoms with Crippen molar-refractivity contribution in [2.45, 2.75) is 98.1 Å². The minimum absolute atomic E-state index is 0.296. The lowest BCUT2D eigenvalue weighted by molar-refractivity contribution is 0.0245. The van der Waals surface area contributed by atoms with Crippen molar-refractivity contribution < 1.29 is 14.3 Å². The van der Waals surface area contributed by atoms with E-state index in [0.717, 1.165) is 77.2 Å². The lowest BCUT2D eigenvalue weighted by atomic mass is 9.78. The molecule has 0 N–H and O–H groups in total. The average Bonchev–Trinajstić information content (AvgIpc) is 3.51. The highest BCUT2D eigenvalue weighted by Gasteiger charge is 2.52. The number of fused-ring (bicyclic) bond motifs is 2. The Morgan fingerprint density at radius 3 is 2.20 bits per heavy atom. The topological polar surface area (TPSA) is 43.7 Å². The van der Waals surface area contributed by atoms with Crippen molar-refractivity contribution in [3.63, 3.8) is 0 Å². The van der Waals surface area contributed by atoms with Crippen LogP contribution in [0.4, 0.5) is 5.69 Å². The molecule has 5 heteroatoms. The van der Waals surface area contributed by atoms with Crippen molar-refractivity contribution in [1.82, 2.24) is 4.57 Å². The predicted molar refractivity (Wildman–Crippen MR) is 182 cm³/mol. The SMILES string of the molecule is CCCCCCCCCCOc1cc(N(CC)CC)ccc1C1(c2c(C)n(CC)c3ccccc23)OC(=O)c2ccccc21. The normalized spacial score (nSPS) is 15.9. The van der Waals surface area contributed by atoms with E-state index in [1.54, 1.807) is 0 Å². The number of hydrogen-bond donors (Lipinski definition) is 0. The van der Waals surface area contributed by atoms with E-state index < -0.39 is 5.60 Å². The molecule has 0 amide bonds. The summed E-state index contributed by atoms with van der Waals surface area (Å²) in [6.07, 6.45) is 9.96. The molecule has 0 saturated carbocycles. The molecule has 1 atom stereocenters. The van der Waals surface area contributed by atoms with Crippen molar-refractivity contribution in [2.75, 3.05) is 24.6 Å². The monoisotopic (exact) mass is 594 g/mol. The Bertz CT molecular complexity index is 1570. The molecule has 0 spiro atoms. The van der Waals surface area contributed by atoms with Gasteiger partial charge in [0.05, 0.1) is 12.2 Å². The Hall–Kier alpha value is -3.73. The highest BCUT2D eigenvalue weighted by molar-refractivity contribution is 5.99. The standard InChI is InChI=1S/C39H50N2O3/c1-6-10-11-12-13-14-15-20-27-43-36-28-30(40(7-2)8-3)25-26-34(36)39(33-23-18-16-21-31(33)38(42)44-39)37-29(5)41(9-4)35-24-19-17-22-32(35)37/h16-19,21-26,28H,6-15,20,27H2,1-5H3. The van der Waals surface area contributed by atoms with Gasteiger partial charge in [0, 0.05) is 64.7 Å². The zero-order valence-corrected chi connectivity index (χ0v) is 27.5. The third-order valence-corrected chi connectivity index (χ3v) is 9.40. The Morgan fingerprint density at radius 2 is 1.48 bits per heavy atom. The maximum atomic E-state index is 13.7. The molecule has 4 aromatic rings. The molecule has 44 heavy (non-hydrogen) atoms. The zero-order valence-electron chi connectivity index (χ0n) is 27.5. The molecular weight excluding hydrogens is 544 g/mol. The summed E-state index contributed by atoms with van der Waals surface area (Å²) in [4.78, 5) is 16.0. The van der Waals surface area contributed by atoms with Crippen molar-refractivity contribution >= 4 is 22.6 Å². The number of anilines is 1. The zero-order chi connectivity index (χ0) is 31.1. The number of aromatic nitrogens is 1. The van der Waals surface area contributed by atoms with Crippen LogP contribution >= 0.6 is 0 Å². The summed E-state index contributed by atoms with van der Waals surface area (Å²) in [5.74, 6) is 0.491. The lowest BCUT2D eigenvalue weighted by Gasteiger charge is -2.33. The molecule has 0 saturated heterocycles. The number of para-hydroxylation sites is 1. The molecule has 5 nitrogen and oxygen atoms in total. The van der Waals surface area contributed by atoms with Gasteiger partial charge in [0.15, 0.2) is 5.60 Å². The number of unbranched alkanes of at least 4 members (excludes halogenated alkanes) is 7. The van der Waals surface area contributed by atoms with Crippen LogP contribution in [0.3, 0.4) is 0 Å². The summed E-state index contributed by atoms with van der Waals surface area (Å²) in [5.41, 5.74) is 5.61. The smallest absolute Gasteiger partial charge is 0.340 e. The van der Waals surface area contributed by atoms with Crippen LogP contribution in [0.5, 0.6) is 5.75 Å². The van der Waals surface area contributed by atoms with Crippen LogP contribution in [0.1, 0.15) is 112 Å². The first-order valence-corrected chi connectivity index (χ1v) is 16.9. The van der Waals surface area contributed by atoms with Crippen molar-refractivity contribution in [2.24, 2.45) is 0 Å². The van der Waals surface area contributed by atoms with Crippen LogP contribution in [0, 0.1) is 6.92 Å². The van der Waals surface area contributed by atoms with Gasteiger partial charge < -0.3 is 18.9 Å². The number of rotatable bonds is 16. The molecule has 1 unspecified atom stereocenters.